The van der Waals surface area contributed by atoms with E-state index in [1.54, 1.807) is 24.3 Å². The van der Waals surface area contributed by atoms with E-state index in [-0.39, 0.29) is 23.4 Å². The standard InChI is InChI=1S/C17H18N4O3/c22-14-7-10(9-21(14)11-5-6-11)8-18-16(23)15-12-3-1-2-4-13(12)19-17(24)20-15/h1-4,10-11H,5-9H2,(H,18,23)(H,19,20,24). The van der Waals surface area contributed by atoms with Gasteiger partial charge < -0.3 is 15.2 Å². The number of carbonyl (C=O) groups is 2. The van der Waals surface area contributed by atoms with Crippen molar-refractivity contribution in [2.75, 3.05) is 13.1 Å². The maximum Gasteiger partial charge on any atom is 0.346 e. The molecule has 2 fully saturated rings. The molecule has 1 unspecified atom stereocenters. The van der Waals surface area contributed by atoms with Gasteiger partial charge in [0.05, 0.1) is 5.52 Å². The molecule has 7 nitrogen and oxygen atoms in total. The van der Waals surface area contributed by atoms with Crippen LogP contribution in [0, 0.1) is 5.92 Å². The van der Waals surface area contributed by atoms with E-state index < -0.39 is 5.69 Å². The minimum atomic E-state index is -0.546. The first-order chi connectivity index (χ1) is 11.6. The molecule has 124 valence electrons. The summed E-state index contributed by atoms with van der Waals surface area (Å²) in [5.41, 5.74) is 0.158. The Balaban J connectivity index is 1.47. The molecular formula is C17H18N4O3. The second-order valence-corrected chi connectivity index (χ2v) is 6.49. The predicted octanol–water partition coefficient (Wildman–Crippen LogP) is 0.664. The summed E-state index contributed by atoms with van der Waals surface area (Å²) in [6, 6.07) is 7.48. The van der Waals surface area contributed by atoms with E-state index in [1.807, 2.05) is 4.90 Å². The molecule has 24 heavy (non-hydrogen) atoms. The SMILES string of the molecule is O=C(NCC1CC(=O)N(C2CC2)C1)c1nc(=O)[nH]c2ccccc12. The van der Waals surface area contributed by atoms with Gasteiger partial charge in [0.25, 0.3) is 5.91 Å². The monoisotopic (exact) mass is 326 g/mol. The smallest absolute Gasteiger partial charge is 0.346 e. The van der Waals surface area contributed by atoms with Crippen LogP contribution in [-0.2, 0) is 4.79 Å². The fourth-order valence-electron chi connectivity index (χ4n) is 3.28. The normalized spacial score (nSPS) is 20.6. The van der Waals surface area contributed by atoms with Gasteiger partial charge in [-0.05, 0) is 18.9 Å². The highest BCUT2D eigenvalue weighted by Crippen LogP contribution is 2.32. The topological polar surface area (TPSA) is 95.2 Å². The number of likely N-dealkylation sites (tertiary alicyclic amines) is 1. The Hall–Kier alpha value is -2.70. The third-order valence-corrected chi connectivity index (χ3v) is 4.63. The lowest BCUT2D eigenvalue weighted by atomic mass is 10.1. The molecule has 2 N–H and O–H groups in total. The zero-order valence-corrected chi connectivity index (χ0v) is 13.1. The number of hydrogen-bond donors (Lipinski definition) is 2. The number of rotatable bonds is 4. The number of amides is 2. The molecule has 2 aliphatic rings. The number of aromatic nitrogens is 2. The van der Waals surface area contributed by atoms with Crippen molar-refractivity contribution in [3.63, 3.8) is 0 Å². The van der Waals surface area contributed by atoms with Gasteiger partial charge in [-0.3, -0.25) is 9.59 Å². The summed E-state index contributed by atoms with van der Waals surface area (Å²) in [6.07, 6.45) is 2.65. The zero-order valence-electron chi connectivity index (χ0n) is 13.1. The van der Waals surface area contributed by atoms with E-state index in [9.17, 15) is 14.4 Å². The van der Waals surface area contributed by atoms with Gasteiger partial charge >= 0.3 is 5.69 Å². The highest BCUT2D eigenvalue weighted by Gasteiger charge is 2.39. The molecule has 2 heterocycles. The van der Waals surface area contributed by atoms with Gasteiger partial charge in [-0.25, -0.2) is 4.79 Å². The van der Waals surface area contributed by atoms with Crippen LogP contribution >= 0.6 is 0 Å². The summed E-state index contributed by atoms with van der Waals surface area (Å²) < 4.78 is 0. The van der Waals surface area contributed by atoms with Gasteiger partial charge in [0, 0.05) is 36.9 Å². The number of benzene rings is 1. The minimum absolute atomic E-state index is 0.121. The lowest BCUT2D eigenvalue weighted by Crippen LogP contribution is -2.33. The van der Waals surface area contributed by atoms with Crippen LogP contribution in [0.25, 0.3) is 10.9 Å². The van der Waals surface area contributed by atoms with Gasteiger partial charge in [-0.1, -0.05) is 18.2 Å². The van der Waals surface area contributed by atoms with Crippen molar-refractivity contribution in [3.05, 3.63) is 40.4 Å². The lowest BCUT2D eigenvalue weighted by molar-refractivity contribution is -0.128. The van der Waals surface area contributed by atoms with E-state index in [2.05, 4.69) is 15.3 Å². The van der Waals surface area contributed by atoms with Gasteiger partial charge in [0.15, 0.2) is 0 Å². The second-order valence-electron chi connectivity index (χ2n) is 6.49. The summed E-state index contributed by atoms with van der Waals surface area (Å²) in [4.78, 5) is 44.4. The molecule has 0 spiro atoms. The Kier molecular flexibility index (Phi) is 3.55. The molecular weight excluding hydrogens is 308 g/mol. The summed E-state index contributed by atoms with van der Waals surface area (Å²) in [5, 5.41) is 3.44. The molecule has 2 aromatic rings. The Morgan fingerprint density at radius 3 is 2.88 bits per heavy atom. The number of carbonyl (C=O) groups excluding carboxylic acids is 2. The summed E-state index contributed by atoms with van der Waals surface area (Å²) in [7, 11) is 0. The fraction of sp³-hybridized carbons (Fsp3) is 0.412. The van der Waals surface area contributed by atoms with Crippen LogP contribution in [0.4, 0.5) is 0 Å². The van der Waals surface area contributed by atoms with E-state index in [4.69, 9.17) is 0 Å². The third-order valence-electron chi connectivity index (χ3n) is 4.63. The number of hydrogen-bond acceptors (Lipinski definition) is 4. The van der Waals surface area contributed by atoms with E-state index in [0.29, 0.717) is 36.5 Å². The Morgan fingerprint density at radius 2 is 2.08 bits per heavy atom. The van der Waals surface area contributed by atoms with Crippen LogP contribution < -0.4 is 11.0 Å². The maximum atomic E-state index is 12.5. The maximum absolute atomic E-state index is 12.5. The molecule has 1 aliphatic heterocycles. The van der Waals surface area contributed by atoms with Gasteiger partial charge in [0.1, 0.15) is 5.69 Å². The molecule has 0 bridgehead atoms. The number of nitrogens with zero attached hydrogens (tertiary/aromatic N) is 2. The van der Waals surface area contributed by atoms with Crippen LogP contribution in [0.3, 0.4) is 0 Å². The minimum Gasteiger partial charge on any atom is -0.350 e. The first kappa shape index (κ1) is 14.9. The number of para-hydroxylation sites is 1. The first-order valence-corrected chi connectivity index (χ1v) is 8.18. The molecule has 7 heteroatoms. The van der Waals surface area contributed by atoms with Crippen LogP contribution in [0.2, 0.25) is 0 Å². The summed E-state index contributed by atoms with van der Waals surface area (Å²) >= 11 is 0. The molecule has 4 rings (SSSR count). The molecule has 2 amide bonds. The molecule has 1 aliphatic carbocycles. The quantitative estimate of drug-likeness (QED) is 0.863. The van der Waals surface area contributed by atoms with Gasteiger partial charge in [0.2, 0.25) is 5.91 Å². The molecule has 1 atom stereocenters. The molecule has 1 saturated carbocycles. The highest BCUT2D eigenvalue weighted by atomic mass is 16.2. The van der Waals surface area contributed by atoms with Crippen LogP contribution in [0.1, 0.15) is 29.8 Å². The van der Waals surface area contributed by atoms with Crippen molar-refractivity contribution in [3.8, 4) is 0 Å². The van der Waals surface area contributed by atoms with Crippen molar-refractivity contribution < 1.29 is 9.59 Å². The third kappa shape index (κ3) is 2.77. The zero-order chi connectivity index (χ0) is 16.7. The molecule has 0 radical (unpaired) electrons. The second kappa shape index (κ2) is 5.74. The Labute approximate surface area is 138 Å². The highest BCUT2D eigenvalue weighted by molar-refractivity contribution is 6.04. The van der Waals surface area contributed by atoms with E-state index in [1.165, 1.54) is 0 Å². The Bertz CT molecular complexity index is 872. The number of fused-ring (bicyclic) bond motifs is 1. The van der Waals surface area contributed by atoms with Crippen molar-refractivity contribution >= 4 is 22.7 Å². The van der Waals surface area contributed by atoms with E-state index in [0.717, 1.165) is 12.8 Å². The van der Waals surface area contributed by atoms with Crippen molar-refractivity contribution in [1.29, 1.82) is 0 Å². The van der Waals surface area contributed by atoms with Crippen molar-refractivity contribution in [2.24, 2.45) is 5.92 Å². The number of nitrogens with one attached hydrogen (secondary N) is 2. The van der Waals surface area contributed by atoms with Crippen molar-refractivity contribution in [2.45, 2.75) is 25.3 Å². The Morgan fingerprint density at radius 1 is 1.29 bits per heavy atom. The van der Waals surface area contributed by atoms with Crippen LogP contribution in [0.15, 0.2) is 29.1 Å². The van der Waals surface area contributed by atoms with Crippen LogP contribution in [0.5, 0.6) is 0 Å². The average Bonchev–Trinajstić information content (AvgIpc) is 3.35. The molecule has 1 aromatic carbocycles. The number of H-pyrrole nitrogens is 1. The largest absolute Gasteiger partial charge is 0.350 e. The lowest BCUT2D eigenvalue weighted by Gasteiger charge is -2.15. The fourth-order valence-corrected chi connectivity index (χ4v) is 3.28. The first-order valence-electron chi connectivity index (χ1n) is 8.18. The molecule has 1 aromatic heterocycles. The predicted molar refractivity (Wildman–Crippen MR) is 87.5 cm³/mol. The summed E-state index contributed by atoms with van der Waals surface area (Å²) in [6.45, 7) is 1.12. The average molecular weight is 326 g/mol. The van der Waals surface area contributed by atoms with Gasteiger partial charge in [-0.15, -0.1) is 0 Å². The summed E-state index contributed by atoms with van der Waals surface area (Å²) in [5.74, 6) is -0.0820. The van der Waals surface area contributed by atoms with Gasteiger partial charge in [-0.2, -0.15) is 4.98 Å². The van der Waals surface area contributed by atoms with E-state index >= 15 is 0 Å². The number of aromatic amines is 1. The molecule has 1 saturated heterocycles. The van der Waals surface area contributed by atoms with Crippen LogP contribution in [-0.4, -0.2) is 45.8 Å². The van der Waals surface area contributed by atoms with Crippen molar-refractivity contribution in [1.82, 2.24) is 20.2 Å².